The minimum absolute atomic E-state index is 0.299. The van der Waals surface area contributed by atoms with Crippen LogP contribution in [0, 0.1) is 0 Å². The lowest BCUT2D eigenvalue weighted by Gasteiger charge is -2.27. The normalized spacial score (nSPS) is 19.8. The van der Waals surface area contributed by atoms with Crippen molar-refractivity contribution >= 4 is 12.0 Å². The van der Waals surface area contributed by atoms with Gasteiger partial charge in [-0.1, -0.05) is 0 Å². The van der Waals surface area contributed by atoms with E-state index in [0.717, 1.165) is 10.1 Å². The Balaban J connectivity index is 2.70. The summed E-state index contributed by atoms with van der Waals surface area (Å²) in [6.07, 6.45) is -0.242. The van der Waals surface area contributed by atoms with Crippen molar-refractivity contribution in [2.45, 2.75) is 38.8 Å². The van der Waals surface area contributed by atoms with Gasteiger partial charge in [0.05, 0.1) is 13.7 Å². The first-order valence-corrected chi connectivity index (χ1v) is 5.73. The third-order valence-electron chi connectivity index (χ3n) is 2.35. The Labute approximate surface area is 106 Å². The van der Waals surface area contributed by atoms with Crippen molar-refractivity contribution in [3.05, 3.63) is 0 Å². The van der Waals surface area contributed by atoms with Gasteiger partial charge in [0.1, 0.15) is 11.6 Å². The van der Waals surface area contributed by atoms with E-state index in [1.807, 2.05) is 0 Å². The molecule has 1 atom stereocenters. The van der Waals surface area contributed by atoms with E-state index in [1.165, 1.54) is 14.2 Å². The van der Waals surface area contributed by atoms with Gasteiger partial charge in [0, 0.05) is 13.5 Å². The number of amides is 2. The Morgan fingerprint density at radius 3 is 2.50 bits per heavy atom. The Morgan fingerprint density at radius 2 is 2.00 bits per heavy atom. The lowest BCUT2D eigenvalue weighted by Crippen LogP contribution is -2.47. The highest BCUT2D eigenvalue weighted by Crippen LogP contribution is 2.20. The van der Waals surface area contributed by atoms with Crippen molar-refractivity contribution in [1.82, 2.24) is 10.1 Å². The van der Waals surface area contributed by atoms with Crippen molar-refractivity contribution in [3.8, 4) is 0 Å². The third-order valence-corrected chi connectivity index (χ3v) is 2.35. The molecule has 7 nitrogen and oxygen atoms in total. The quantitative estimate of drug-likeness (QED) is 0.691. The number of ether oxygens (including phenoxy) is 1. The van der Waals surface area contributed by atoms with Crippen LogP contribution >= 0.6 is 0 Å². The Hall–Kier alpha value is -1.34. The Morgan fingerprint density at radius 1 is 1.39 bits per heavy atom. The van der Waals surface area contributed by atoms with Crippen LogP contribution in [-0.2, 0) is 19.2 Å². The number of likely N-dealkylation sites (N-methyl/N-ethyl adjacent to an activating group) is 1. The lowest BCUT2D eigenvalue weighted by atomic mass is 10.2. The van der Waals surface area contributed by atoms with Crippen LogP contribution < -0.4 is 0 Å². The van der Waals surface area contributed by atoms with Crippen LogP contribution in [0.15, 0.2) is 0 Å². The molecule has 0 spiro atoms. The lowest BCUT2D eigenvalue weighted by molar-refractivity contribution is -0.185. The number of rotatable bonds is 2. The summed E-state index contributed by atoms with van der Waals surface area (Å²) in [5, 5.41) is 2.04. The van der Waals surface area contributed by atoms with E-state index in [4.69, 9.17) is 14.4 Å². The predicted octanol–water partition coefficient (Wildman–Crippen LogP) is 0.947. The predicted molar refractivity (Wildman–Crippen MR) is 62.2 cm³/mol. The molecule has 1 aliphatic heterocycles. The molecular weight excluding hydrogens is 240 g/mol. The minimum atomic E-state index is -0.704. The van der Waals surface area contributed by atoms with Crippen molar-refractivity contribution in [2.24, 2.45) is 0 Å². The van der Waals surface area contributed by atoms with Crippen molar-refractivity contribution in [3.63, 3.8) is 0 Å². The molecule has 1 aliphatic rings. The Bertz CT molecular complexity index is 326. The fraction of sp³-hybridized carbons (Fsp3) is 0.818. The van der Waals surface area contributed by atoms with Gasteiger partial charge in [-0.2, -0.15) is 5.06 Å². The standard InChI is InChI=1S/C11H20N2O5/c1-11(2,3)18-10(15)13-8(6-7-17-13)9(14)12(4)16-5/h8H,6-7H2,1-5H3/t8-/m0/s1. The van der Waals surface area contributed by atoms with Crippen molar-refractivity contribution in [1.29, 1.82) is 0 Å². The van der Waals surface area contributed by atoms with Crippen LogP contribution in [0.5, 0.6) is 0 Å². The molecule has 0 unspecified atom stereocenters. The van der Waals surface area contributed by atoms with E-state index in [-0.39, 0.29) is 5.91 Å². The van der Waals surface area contributed by atoms with E-state index in [0.29, 0.717) is 13.0 Å². The first-order valence-electron chi connectivity index (χ1n) is 5.73. The molecule has 0 aromatic carbocycles. The smallest absolute Gasteiger partial charge is 0.435 e. The average Bonchev–Trinajstić information content (AvgIpc) is 2.73. The zero-order valence-electron chi connectivity index (χ0n) is 11.4. The largest absolute Gasteiger partial charge is 0.442 e. The maximum atomic E-state index is 11.9. The molecule has 0 aromatic heterocycles. The highest BCUT2D eigenvalue weighted by molar-refractivity contribution is 5.84. The van der Waals surface area contributed by atoms with Gasteiger partial charge in [-0.3, -0.25) is 14.5 Å². The summed E-state index contributed by atoms with van der Waals surface area (Å²) in [7, 11) is 2.86. The summed E-state index contributed by atoms with van der Waals surface area (Å²) in [6.45, 7) is 5.55. The van der Waals surface area contributed by atoms with E-state index < -0.39 is 17.7 Å². The van der Waals surface area contributed by atoms with E-state index >= 15 is 0 Å². The summed E-state index contributed by atoms with van der Waals surface area (Å²) in [5.74, 6) is -0.346. The Kier molecular flexibility index (Phi) is 4.53. The topological polar surface area (TPSA) is 68.3 Å². The molecule has 0 N–H and O–H groups in total. The van der Waals surface area contributed by atoms with Gasteiger partial charge in [-0.25, -0.2) is 9.86 Å². The maximum Gasteiger partial charge on any atom is 0.435 e. The third kappa shape index (κ3) is 3.58. The van der Waals surface area contributed by atoms with Crippen LogP contribution in [-0.4, -0.2) is 54.5 Å². The number of hydroxylamine groups is 4. The molecule has 0 saturated carbocycles. The monoisotopic (exact) mass is 260 g/mol. The fourth-order valence-corrected chi connectivity index (χ4v) is 1.48. The molecule has 0 aromatic rings. The van der Waals surface area contributed by atoms with E-state index in [9.17, 15) is 9.59 Å². The molecular formula is C11H20N2O5. The second-order valence-corrected chi connectivity index (χ2v) is 4.96. The van der Waals surface area contributed by atoms with E-state index in [2.05, 4.69) is 0 Å². The molecule has 18 heavy (non-hydrogen) atoms. The molecule has 1 rings (SSSR count). The zero-order valence-corrected chi connectivity index (χ0v) is 11.4. The number of nitrogens with zero attached hydrogens (tertiary/aromatic N) is 2. The fourth-order valence-electron chi connectivity index (χ4n) is 1.48. The first kappa shape index (κ1) is 14.7. The van der Waals surface area contributed by atoms with E-state index in [1.54, 1.807) is 20.8 Å². The van der Waals surface area contributed by atoms with Gasteiger partial charge in [-0.05, 0) is 20.8 Å². The number of hydrogen-bond acceptors (Lipinski definition) is 5. The molecule has 2 amide bonds. The first-order chi connectivity index (χ1) is 8.26. The molecule has 1 saturated heterocycles. The number of carbonyl (C=O) groups is 2. The second-order valence-electron chi connectivity index (χ2n) is 4.96. The van der Waals surface area contributed by atoms with Crippen molar-refractivity contribution in [2.75, 3.05) is 20.8 Å². The molecule has 0 radical (unpaired) electrons. The zero-order chi connectivity index (χ0) is 13.9. The number of carbonyl (C=O) groups excluding carboxylic acids is 2. The molecule has 104 valence electrons. The van der Waals surface area contributed by atoms with Crippen LogP contribution in [0.3, 0.4) is 0 Å². The highest BCUT2D eigenvalue weighted by atomic mass is 16.7. The highest BCUT2D eigenvalue weighted by Gasteiger charge is 2.39. The van der Waals surface area contributed by atoms with Crippen LogP contribution in [0.1, 0.15) is 27.2 Å². The molecule has 1 fully saturated rings. The second kappa shape index (κ2) is 5.53. The van der Waals surface area contributed by atoms with Gasteiger partial charge in [0.25, 0.3) is 5.91 Å². The summed E-state index contributed by atoms with van der Waals surface area (Å²) in [5.41, 5.74) is -0.635. The average molecular weight is 260 g/mol. The summed E-state index contributed by atoms with van der Waals surface area (Å²) < 4.78 is 5.17. The van der Waals surface area contributed by atoms with Crippen molar-refractivity contribution < 1.29 is 24.0 Å². The summed E-state index contributed by atoms with van der Waals surface area (Å²) in [4.78, 5) is 33.7. The molecule has 7 heteroatoms. The summed E-state index contributed by atoms with van der Waals surface area (Å²) in [6, 6.07) is -0.704. The van der Waals surface area contributed by atoms with Gasteiger partial charge >= 0.3 is 6.09 Å². The maximum absolute atomic E-state index is 11.9. The van der Waals surface area contributed by atoms with Crippen LogP contribution in [0.2, 0.25) is 0 Å². The van der Waals surface area contributed by atoms with Gasteiger partial charge in [-0.15, -0.1) is 0 Å². The molecule has 0 aliphatic carbocycles. The molecule has 0 bridgehead atoms. The minimum Gasteiger partial charge on any atom is -0.442 e. The van der Waals surface area contributed by atoms with Gasteiger partial charge < -0.3 is 4.74 Å². The van der Waals surface area contributed by atoms with Crippen LogP contribution in [0.25, 0.3) is 0 Å². The van der Waals surface area contributed by atoms with Gasteiger partial charge in [0.2, 0.25) is 0 Å². The molecule has 1 heterocycles. The van der Waals surface area contributed by atoms with Crippen LogP contribution in [0.4, 0.5) is 4.79 Å². The number of hydrogen-bond donors (Lipinski definition) is 0. The van der Waals surface area contributed by atoms with Gasteiger partial charge in [0.15, 0.2) is 0 Å². The summed E-state index contributed by atoms with van der Waals surface area (Å²) >= 11 is 0. The SMILES string of the molecule is CON(C)C(=O)[C@@H]1CCON1C(=O)OC(C)(C)C.